The van der Waals surface area contributed by atoms with Crippen molar-refractivity contribution in [3.05, 3.63) is 24.5 Å². The van der Waals surface area contributed by atoms with Gasteiger partial charge in [-0.15, -0.1) is 0 Å². The molecule has 0 bridgehead atoms. The van der Waals surface area contributed by atoms with Gasteiger partial charge in [-0.1, -0.05) is 5.16 Å². The third-order valence-corrected chi connectivity index (χ3v) is 2.62. The van der Waals surface area contributed by atoms with Crippen LogP contribution in [0.4, 0.5) is 5.69 Å². The van der Waals surface area contributed by atoms with Gasteiger partial charge in [0.1, 0.15) is 5.41 Å². The third-order valence-electron chi connectivity index (χ3n) is 2.62. The maximum Gasteiger partial charge on any atom is 0.240 e. The van der Waals surface area contributed by atoms with E-state index >= 15 is 0 Å². The molecule has 0 fully saturated rings. The Morgan fingerprint density at radius 1 is 1.59 bits per heavy atom. The maximum atomic E-state index is 12.2. The van der Waals surface area contributed by atoms with Crippen molar-refractivity contribution in [3.8, 4) is 0 Å². The molecule has 1 aromatic rings. The van der Waals surface area contributed by atoms with Crippen LogP contribution in [-0.2, 0) is 4.79 Å². The van der Waals surface area contributed by atoms with Crippen molar-refractivity contribution in [2.24, 2.45) is 16.3 Å². The van der Waals surface area contributed by atoms with Crippen LogP contribution in [0.15, 0.2) is 29.7 Å². The molecule has 92 valence electrons. The van der Waals surface area contributed by atoms with Gasteiger partial charge in [0.2, 0.25) is 5.91 Å². The number of carbonyl (C=O) groups excluding carboxylic acids is 1. The fourth-order valence-corrected chi connectivity index (χ4v) is 1.32. The zero-order chi connectivity index (χ0) is 13.1. The van der Waals surface area contributed by atoms with Gasteiger partial charge in [0.25, 0.3) is 0 Å². The Hall–Kier alpha value is -2.11. The van der Waals surface area contributed by atoms with Crippen molar-refractivity contribution in [2.45, 2.75) is 13.8 Å². The van der Waals surface area contributed by atoms with Crippen LogP contribution >= 0.6 is 0 Å². The summed E-state index contributed by atoms with van der Waals surface area (Å²) in [5.41, 5.74) is 5.08. The molecule has 0 unspecified atom stereocenters. The summed E-state index contributed by atoms with van der Waals surface area (Å²) in [5.74, 6) is -0.404. The molecule has 0 atom stereocenters. The second-order valence-corrected chi connectivity index (χ2v) is 4.19. The molecular weight excluding hydrogens is 220 g/mol. The Bertz CT molecular complexity index is 428. The standard InChI is InChI=1S/C11H16N4O2/c1-11(2,9(12)14-17)10(16)15(3)8-5-4-6-13-7-8/h4-7,17H,1-3H3,(H2,12,14). The van der Waals surface area contributed by atoms with Crippen molar-refractivity contribution < 1.29 is 10.0 Å². The van der Waals surface area contributed by atoms with Gasteiger partial charge in [0.05, 0.1) is 11.9 Å². The van der Waals surface area contributed by atoms with E-state index in [1.54, 1.807) is 45.4 Å². The molecule has 1 rings (SSSR count). The number of aromatic nitrogens is 1. The van der Waals surface area contributed by atoms with E-state index in [0.29, 0.717) is 5.69 Å². The number of pyridine rings is 1. The largest absolute Gasteiger partial charge is 0.409 e. The Morgan fingerprint density at radius 2 is 2.24 bits per heavy atom. The fourth-order valence-electron chi connectivity index (χ4n) is 1.32. The Kier molecular flexibility index (Phi) is 3.67. The molecule has 6 heteroatoms. The monoisotopic (exact) mass is 236 g/mol. The number of nitrogens with two attached hydrogens (primary N) is 1. The summed E-state index contributed by atoms with van der Waals surface area (Å²) in [4.78, 5) is 17.5. The first-order valence-electron chi connectivity index (χ1n) is 5.07. The van der Waals surface area contributed by atoms with Crippen molar-refractivity contribution in [1.82, 2.24) is 4.98 Å². The topological polar surface area (TPSA) is 91.8 Å². The summed E-state index contributed by atoms with van der Waals surface area (Å²) in [6.45, 7) is 3.19. The Labute approximate surface area is 99.7 Å². The summed E-state index contributed by atoms with van der Waals surface area (Å²) in [7, 11) is 1.62. The lowest BCUT2D eigenvalue weighted by molar-refractivity contribution is -0.123. The van der Waals surface area contributed by atoms with Crippen molar-refractivity contribution in [1.29, 1.82) is 0 Å². The van der Waals surface area contributed by atoms with E-state index in [9.17, 15) is 4.79 Å². The number of hydrogen-bond acceptors (Lipinski definition) is 4. The summed E-state index contributed by atoms with van der Waals surface area (Å²) < 4.78 is 0. The Balaban J connectivity index is 2.99. The van der Waals surface area contributed by atoms with E-state index in [4.69, 9.17) is 10.9 Å². The van der Waals surface area contributed by atoms with E-state index in [1.807, 2.05) is 0 Å². The normalized spacial score (nSPS) is 12.3. The van der Waals surface area contributed by atoms with Gasteiger partial charge in [-0.05, 0) is 26.0 Å². The van der Waals surface area contributed by atoms with E-state index in [-0.39, 0.29) is 11.7 Å². The molecule has 0 aromatic carbocycles. The first-order valence-corrected chi connectivity index (χ1v) is 5.07. The minimum atomic E-state index is -1.07. The van der Waals surface area contributed by atoms with Crippen LogP contribution in [0, 0.1) is 5.41 Å². The van der Waals surface area contributed by atoms with E-state index in [0.717, 1.165) is 0 Å². The zero-order valence-corrected chi connectivity index (χ0v) is 10.1. The van der Waals surface area contributed by atoms with Gasteiger partial charge in [0.15, 0.2) is 5.84 Å². The van der Waals surface area contributed by atoms with Crippen LogP contribution in [-0.4, -0.2) is 29.0 Å². The third kappa shape index (κ3) is 2.52. The second kappa shape index (κ2) is 4.82. The van der Waals surface area contributed by atoms with E-state index < -0.39 is 5.41 Å². The van der Waals surface area contributed by atoms with Crippen molar-refractivity contribution >= 4 is 17.4 Å². The number of amidine groups is 1. The van der Waals surface area contributed by atoms with Crippen LogP contribution < -0.4 is 10.6 Å². The van der Waals surface area contributed by atoms with Crippen molar-refractivity contribution in [3.63, 3.8) is 0 Å². The Morgan fingerprint density at radius 3 is 2.71 bits per heavy atom. The van der Waals surface area contributed by atoms with Gasteiger partial charge in [0, 0.05) is 13.2 Å². The summed E-state index contributed by atoms with van der Waals surface area (Å²) in [6.07, 6.45) is 3.19. The summed E-state index contributed by atoms with van der Waals surface area (Å²) in [6, 6.07) is 3.49. The van der Waals surface area contributed by atoms with Gasteiger partial charge in [-0.2, -0.15) is 0 Å². The lowest BCUT2D eigenvalue weighted by atomic mass is 9.90. The number of rotatable bonds is 3. The van der Waals surface area contributed by atoms with Gasteiger partial charge in [-0.3, -0.25) is 9.78 Å². The highest BCUT2D eigenvalue weighted by molar-refractivity contribution is 6.11. The highest BCUT2D eigenvalue weighted by Gasteiger charge is 2.35. The number of hydrogen-bond donors (Lipinski definition) is 2. The molecule has 0 aliphatic rings. The van der Waals surface area contributed by atoms with E-state index in [2.05, 4.69) is 10.1 Å². The van der Waals surface area contributed by atoms with Gasteiger partial charge >= 0.3 is 0 Å². The highest BCUT2D eigenvalue weighted by atomic mass is 16.4. The minimum Gasteiger partial charge on any atom is -0.409 e. The quantitative estimate of drug-likeness (QED) is 0.351. The number of anilines is 1. The highest BCUT2D eigenvalue weighted by Crippen LogP contribution is 2.22. The number of nitrogens with zero attached hydrogens (tertiary/aromatic N) is 3. The predicted octanol–water partition coefficient (Wildman–Crippen LogP) is 0.817. The number of carbonyl (C=O) groups is 1. The number of oxime groups is 1. The molecule has 0 saturated heterocycles. The zero-order valence-electron chi connectivity index (χ0n) is 10.1. The molecule has 1 aromatic heterocycles. The molecule has 6 nitrogen and oxygen atoms in total. The van der Waals surface area contributed by atoms with Gasteiger partial charge in [-0.25, -0.2) is 0 Å². The predicted molar refractivity (Wildman–Crippen MR) is 64.8 cm³/mol. The molecule has 1 amide bonds. The average Bonchev–Trinajstić information content (AvgIpc) is 2.36. The van der Waals surface area contributed by atoms with Crippen LogP contribution in [0.2, 0.25) is 0 Å². The number of amides is 1. The molecule has 3 N–H and O–H groups in total. The molecule has 0 aliphatic heterocycles. The molecule has 0 spiro atoms. The molecule has 1 heterocycles. The van der Waals surface area contributed by atoms with Crippen LogP contribution in [0.1, 0.15) is 13.8 Å². The van der Waals surface area contributed by atoms with Crippen molar-refractivity contribution in [2.75, 3.05) is 11.9 Å². The fraction of sp³-hybridized carbons (Fsp3) is 0.364. The average molecular weight is 236 g/mol. The molecule has 17 heavy (non-hydrogen) atoms. The van der Waals surface area contributed by atoms with Crippen LogP contribution in [0.5, 0.6) is 0 Å². The van der Waals surface area contributed by atoms with E-state index in [1.165, 1.54) is 4.90 Å². The lowest BCUT2D eigenvalue weighted by Crippen LogP contribution is -2.46. The molecular formula is C11H16N4O2. The van der Waals surface area contributed by atoms with Gasteiger partial charge < -0.3 is 15.8 Å². The SMILES string of the molecule is CN(C(=O)C(C)(C)C(N)=NO)c1cccnc1. The second-order valence-electron chi connectivity index (χ2n) is 4.19. The smallest absolute Gasteiger partial charge is 0.240 e. The van der Waals surface area contributed by atoms with Crippen LogP contribution in [0.25, 0.3) is 0 Å². The first kappa shape index (κ1) is 13.0. The maximum absolute atomic E-state index is 12.2. The minimum absolute atomic E-state index is 0.127. The summed E-state index contributed by atoms with van der Waals surface area (Å²) in [5, 5.41) is 11.5. The van der Waals surface area contributed by atoms with Crippen LogP contribution in [0.3, 0.4) is 0 Å². The molecule has 0 radical (unpaired) electrons. The lowest BCUT2D eigenvalue weighted by Gasteiger charge is -2.27. The summed E-state index contributed by atoms with van der Waals surface area (Å²) >= 11 is 0. The molecule has 0 aliphatic carbocycles. The molecule has 0 saturated carbocycles. The first-order chi connectivity index (χ1) is 7.91.